The molecule has 3 rings (SSSR count). The van der Waals surface area contributed by atoms with Gasteiger partial charge in [-0.05, 0) is 49.4 Å². The van der Waals surface area contributed by atoms with Gasteiger partial charge in [-0.15, -0.1) is 0 Å². The molecule has 22 heavy (non-hydrogen) atoms. The number of aromatic nitrogens is 2. The molecule has 2 aromatic carbocycles. The molecule has 2 amide bonds. The van der Waals surface area contributed by atoms with E-state index in [1.807, 2.05) is 6.92 Å². The van der Waals surface area contributed by atoms with Crippen LogP contribution in [0.4, 0.5) is 5.69 Å². The van der Waals surface area contributed by atoms with Gasteiger partial charge in [0.15, 0.2) is 0 Å². The number of nitrogens with two attached hydrogens (primary N) is 1. The van der Waals surface area contributed by atoms with Crippen LogP contribution in [0.2, 0.25) is 0 Å². The van der Waals surface area contributed by atoms with Crippen molar-refractivity contribution in [3.05, 3.63) is 59.4 Å². The number of hydrogen-bond acceptors (Lipinski definition) is 3. The first-order chi connectivity index (χ1) is 10.5. The predicted molar refractivity (Wildman–Crippen MR) is 83.7 cm³/mol. The molecule has 0 aliphatic rings. The maximum absolute atomic E-state index is 12.2. The van der Waals surface area contributed by atoms with Crippen LogP contribution in [0, 0.1) is 6.92 Å². The second kappa shape index (κ2) is 5.33. The fourth-order valence-electron chi connectivity index (χ4n) is 2.20. The third kappa shape index (κ3) is 2.67. The standard InChI is InChI=1S/C16H14N4O2/c1-9-18-13-7-4-11(8-14(13)19-9)16(22)20-12-5-2-10(3-6-12)15(17)21/h2-8H,1H3,(H2,17,21)(H,18,19)(H,20,22). The molecule has 3 aromatic rings. The summed E-state index contributed by atoms with van der Waals surface area (Å²) in [6.07, 6.45) is 0. The average Bonchev–Trinajstić information content (AvgIpc) is 2.86. The third-order valence-electron chi connectivity index (χ3n) is 3.29. The minimum Gasteiger partial charge on any atom is -0.366 e. The number of rotatable bonds is 3. The molecule has 4 N–H and O–H groups in total. The third-order valence-corrected chi connectivity index (χ3v) is 3.29. The summed E-state index contributed by atoms with van der Waals surface area (Å²) in [5.41, 5.74) is 8.32. The van der Waals surface area contributed by atoms with Crippen molar-refractivity contribution in [1.29, 1.82) is 0 Å². The molecule has 0 fully saturated rings. The predicted octanol–water partition coefficient (Wildman–Crippen LogP) is 2.22. The number of nitrogens with zero attached hydrogens (tertiary/aromatic N) is 1. The Labute approximate surface area is 126 Å². The highest BCUT2D eigenvalue weighted by molar-refractivity contribution is 6.06. The Kier molecular flexibility index (Phi) is 3.34. The van der Waals surface area contributed by atoms with Crippen molar-refractivity contribution in [2.45, 2.75) is 6.92 Å². The molecule has 0 spiro atoms. The number of primary amides is 1. The zero-order valence-electron chi connectivity index (χ0n) is 11.9. The zero-order valence-corrected chi connectivity index (χ0v) is 11.9. The molecule has 0 atom stereocenters. The molecule has 0 bridgehead atoms. The number of imidazole rings is 1. The van der Waals surface area contributed by atoms with Gasteiger partial charge in [0, 0.05) is 16.8 Å². The van der Waals surface area contributed by atoms with E-state index in [1.54, 1.807) is 42.5 Å². The Bertz CT molecular complexity index is 865. The summed E-state index contributed by atoms with van der Waals surface area (Å²) in [6.45, 7) is 1.86. The van der Waals surface area contributed by atoms with Crippen LogP contribution in [0.1, 0.15) is 26.5 Å². The number of aryl methyl sites for hydroxylation is 1. The highest BCUT2D eigenvalue weighted by Gasteiger charge is 2.09. The van der Waals surface area contributed by atoms with E-state index in [4.69, 9.17) is 5.73 Å². The van der Waals surface area contributed by atoms with E-state index in [1.165, 1.54) is 0 Å². The second-order valence-corrected chi connectivity index (χ2v) is 4.95. The molecule has 1 heterocycles. The van der Waals surface area contributed by atoms with Crippen LogP contribution < -0.4 is 11.1 Å². The Hall–Kier alpha value is -3.15. The largest absolute Gasteiger partial charge is 0.366 e. The number of carbonyl (C=O) groups is 2. The summed E-state index contributed by atoms with van der Waals surface area (Å²) in [4.78, 5) is 30.6. The molecular weight excluding hydrogens is 280 g/mol. The first-order valence-electron chi connectivity index (χ1n) is 6.70. The molecule has 6 heteroatoms. The number of carbonyl (C=O) groups excluding carboxylic acids is 2. The number of aromatic amines is 1. The van der Waals surface area contributed by atoms with Crippen molar-refractivity contribution in [3.8, 4) is 0 Å². The number of amides is 2. The SMILES string of the molecule is Cc1nc2ccc(C(=O)Nc3ccc(C(N)=O)cc3)cc2[nH]1. The maximum Gasteiger partial charge on any atom is 0.255 e. The van der Waals surface area contributed by atoms with Crippen molar-refractivity contribution in [2.75, 3.05) is 5.32 Å². The molecule has 0 saturated heterocycles. The minimum atomic E-state index is -0.502. The van der Waals surface area contributed by atoms with Crippen LogP contribution in [-0.2, 0) is 0 Å². The fraction of sp³-hybridized carbons (Fsp3) is 0.0625. The van der Waals surface area contributed by atoms with Crippen LogP contribution in [0.25, 0.3) is 11.0 Å². The number of anilines is 1. The highest BCUT2D eigenvalue weighted by Crippen LogP contribution is 2.16. The number of H-pyrrole nitrogens is 1. The van der Waals surface area contributed by atoms with E-state index in [9.17, 15) is 9.59 Å². The van der Waals surface area contributed by atoms with Gasteiger partial charge in [0.25, 0.3) is 5.91 Å². The number of benzene rings is 2. The normalized spacial score (nSPS) is 10.6. The van der Waals surface area contributed by atoms with E-state index in [-0.39, 0.29) is 5.91 Å². The summed E-state index contributed by atoms with van der Waals surface area (Å²) in [5, 5.41) is 2.77. The van der Waals surface area contributed by atoms with Gasteiger partial charge in [-0.1, -0.05) is 0 Å². The van der Waals surface area contributed by atoms with E-state index in [2.05, 4.69) is 15.3 Å². The summed E-state index contributed by atoms with van der Waals surface area (Å²) >= 11 is 0. The number of hydrogen-bond donors (Lipinski definition) is 3. The van der Waals surface area contributed by atoms with Crippen LogP contribution in [0.15, 0.2) is 42.5 Å². The Morgan fingerprint density at radius 3 is 2.45 bits per heavy atom. The summed E-state index contributed by atoms with van der Waals surface area (Å²) in [7, 11) is 0. The minimum absolute atomic E-state index is 0.235. The van der Waals surface area contributed by atoms with E-state index in [0.29, 0.717) is 16.8 Å². The molecule has 1 aromatic heterocycles. The van der Waals surface area contributed by atoms with Crippen molar-refractivity contribution in [3.63, 3.8) is 0 Å². The van der Waals surface area contributed by atoms with Gasteiger partial charge in [-0.3, -0.25) is 9.59 Å². The van der Waals surface area contributed by atoms with Gasteiger partial charge in [-0.2, -0.15) is 0 Å². The fourth-order valence-corrected chi connectivity index (χ4v) is 2.20. The molecule has 0 saturated carbocycles. The van der Waals surface area contributed by atoms with Gasteiger partial charge in [-0.25, -0.2) is 4.98 Å². The molecule has 0 radical (unpaired) electrons. The van der Waals surface area contributed by atoms with Gasteiger partial charge < -0.3 is 16.0 Å². The van der Waals surface area contributed by atoms with Gasteiger partial charge in [0.05, 0.1) is 11.0 Å². The molecule has 0 aliphatic heterocycles. The van der Waals surface area contributed by atoms with Crippen molar-refractivity contribution < 1.29 is 9.59 Å². The van der Waals surface area contributed by atoms with E-state index in [0.717, 1.165) is 16.9 Å². The Balaban J connectivity index is 1.81. The molecule has 6 nitrogen and oxygen atoms in total. The second-order valence-electron chi connectivity index (χ2n) is 4.95. The lowest BCUT2D eigenvalue weighted by Crippen LogP contribution is -2.13. The topological polar surface area (TPSA) is 101 Å². The lowest BCUT2D eigenvalue weighted by molar-refractivity contribution is 0.0998. The van der Waals surface area contributed by atoms with Crippen molar-refractivity contribution in [1.82, 2.24) is 9.97 Å². The van der Waals surface area contributed by atoms with E-state index < -0.39 is 5.91 Å². The van der Waals surface area contributed by atoms with Crippen LogP contribution >= 0.6 is 0 Å². The van der Waals surface area contributed by atoms with Gasteiger partial charge in [0.1, 0.15) is 5.82 Å². The van der Waals surface area contributed by atoms with Crippen molar-refractivity contribution in [2.24, 2.45) is 5.73 Å². The van der Waals surface area contributed by atoms with Gasteiger partial charge in [0.2, 0.25) is 5.91 Å². The van der Waals surface area contributed by atoms with Gasteiger partial charge >= 0.3 is 0 Å². The number of fused-ring (bicyclic) bond motifs is 1. The first-order valence-corrected chi connectivity index (χ1v) is 6.70. The molecule has 110 valence electrons. The molecular formula is C16H14N4O2. The lowest BCUT2D eigenvalue weighted by atomic mass is 10.1. The van der Waals surface area contributed by atoms with Crippen LogP contribution in [0.5, 0.6) is 0 Å². The van der Waals surface area contributed by atoms with Crippen molar-refractivity contribution >= 4 is 28.5 Å². The highest BCUT2D eigenvalue weighted by atomic mass is 16.2. The summed E-state index contributed by atoms with van der Waals surface area (Å²) in [6, 6.07) is 11.7. The monoisotopic (exact) mass is 294 g/mol. The Morgan fingerprint density at radius 2 is 1.77 bits per heavy atom. The number of nitrogens with one attached hydrogen (secondary N) is 2. The summed E-state index contributed by atoms with van der Waals surface area (Å²) < 4.78 is 0. The lowest BCUT2D eigenvalue weighted by Gasteiger charge is -2.06. The van der Waals surface area contributed by atoms with E-state index >= 15 is 0 Å². The zero-order chi connectivity index (χ0) is 15.7. The molecule has 0 unspecified atom stereocenters. The quantitative estimate of drug-likeness (QED) is 0.690. The first kappa shape index (κ1) is 13.8. The van der Waals surface area contributed by atoms with Crippen LogP contribution in [0.3, 0.4) is 0 Å². The maximum atomic E-state index is 12.2. The average molecular weight is 294 g/mol. The molecule has 0 aliphatic carbocycles. The smallest absolute Gasteiger partial charge is 0.255 e. The van der Waals surface area contributed by atoms with Crippen LogP contribution in [-0.4, -0.2) is 21.8 Å². The Morgan fingerprint density at radius 1 is 1.09 bits per heavy atom. The summed E-state index contributed by atoms with van der Waals surface area (Å²) in [5.74, 6) is 0.0634.